The molecule has 0 aliphatic carbocycles. The second-order valence-electron chi connectivity index (χ2n) is 7.19. The second-order valence-corrected chi connectivity index (χ2v) is 7.19. The predicted molar refractivity (Wildman–Crippen MR) is 110 cm³/mol. The number of ether oxygens (including phenoxy) is 1. The first-order valence-electron chi connectivity index (χ1n) is 9.57. The largest absolute Gasteiger partial charge is 0.461 e. The molecule has 0 spiro atoms. The Morgan fingerprint density at radius 1 is 1.03 bits per heavy atom. The van der Waals surface area contributed by atoms with Crippen LogP contribution in [0.15, 0.2) is 84.0 Å². The quantitative estimate of drug-likeness (QED) is 0.370. The van der Waals surface area contributed by atoms with Crippen LogP contribution in [0.3, 0.4) is 0 Å². The van der Waals surface area contributed by atoms with Gasteiger partial charge in [0.25, 0.3) is 11.9 Å². The molecule has 3 aromatic rings. The Kier molecular flexibility index (Phi) is 4.28. The van der Waals surface area contributed by atoms with Crippen molar-refractivity contribution >= 4 is 17.2 Å². The molecule has 2 atom stereocenters. The molecule has 7 heteroatoms. The maximum Gasteiger partial charge on any atom is 0.270 e. The maximum atomic E-state index is 13.3. The molecule has 2 aliphatic heterocycles. The van der Waals surface area contributed by atoms with Gasteiger partial charge in [-0.2, -0.15) is 5.10 Å². The van der Waals surface area contributed by atoms with Gasteiger partial charge >= 0.3 is 0 Å². The lowest BCUT2D eigenvalue weighted by Gasteiger charge is -2.37. The Hall–Kier alpha value is -4.00. The van der Waals surface area contributed by atoms with E-state index in [1.165, 1.54) is 18.2 Å². The first-order valence-corrected chi connectivity index (χ1v) is 9.57. The van der Waals surface area contributed by atoms with Gasteiger partial charge in [0.15, 0.2) is 0 Å². The van der Waals surface area contributed by atoms with Crippen LogP contribution in [0.2, 0.25) is 0 Å². The SMILES string of the molecule is O=C(c1cccc([N+](=O)[O-])c1)[C@H]1Oc2ccccc2[C@H]2CC(c3ccccc3)=NN12. The molecule has 0 saturated carbocycles. The number of Topliss-reactive ketones (excluding diaryl/α,β-unsaturated/α-hetero) is 1. The summed E-state index contributed by atoms with van der Waals surface area (Å²) in [6.45, 7) is 0. The molecule has 7 nitrogen and oxygen atoms in total. The van der Waals surface area contributed by atoms with Crippen LogP contribution < -0.4 is 4.74 Å². The van der Waals surface area contributed by atoms with Crippen molar-refractivity contribution in [2.75, 3.05) is 0 Å². The number of non-ortho nitro benzene ring substituents is 1. The van der Waals surface area contributed by atoms with Gasteiger partial charge in [-0.1, -0.05) is 60.7 Å². The van der Waals surface area contributed by atoms with Crippen LogP contribution in [0.1, 0.15) is 33.9 Å². The number of ketones is 1. The van der Waals surface area contributed by atoms with E-state index in [4.69, 9.17) is 9.84 Å². The van der Waals surface area contributed by atoms with E-state index in [-0.39, 0.29) is 23.1 Å². The number of nitrogens with zero attached hydrogens (tertiary/aromatic N) is 3. The summed E-state index contributed by atoms with van der Waals surface area (Å²) in [6, 6.07) is 23.0. The lowest BCUT2D eigenvalue weighted by Crippen LogP contribution is -2.45. The molecule has 148 valence electrons. The molecule has 0 radical (unpaired) electrons. The molecule has 0 unspecified atom stereocenters. The fourth-order valence-electron chi connectivity index (χ4n) is 3.93. The maximum absolute atomic E-state index is 13.3. The highest BCUT2D eigenvalue weighted by atomic mass is 16.6. The van der Waals surface area contributed by atoms with Crippen LogP contribution in [0, 0.1) is 10.1 Å². The summed E-state index contributed by atoms with van der Waals surface area (Å²) in [5.41, 5.74) is 2.91. The summed E-state index contributed by atoms with van der Waals surface area (Å²) in [5, 5.41) is 17.6. The molecule has 0 bridgehead atoms. The summed E-state index contributed by atoms with van der Waals surface area (Å²) < 4.78 is 6.05. The minimum atomic E-state index is -0.992. The van der Waals surface area contributed by atoms with Gasteiger partial charge in [-0.3, -0.25) is 14.9 Å². The van der Waals surface area contributed by atoms with Crippen molar-refractivity contribution in [2.24, 2.45) is 5.10 Å². The average molecular weight is 399 g/mol. The van der Waals surface area contributed by atoms with E-state index in [1.54, 1.807) is 11.1 Å². The Morgan fingerprint density at radius 2 is 1.80 bits per heavy atom. The van der Waals surface area contributed by atoms with Gasteiger partial charge in [0.1, 0.15) is 5.75 Å². The molecule has 3 aromatic carbocycles. The minimum absolute atomic E-state index is 0.136. The number of carbonyl (C=O) groups excluding carboxylic acids is 1. The molecule has 2 aliphatic rings. The number of hydrogen-bond acceptors (Lipinski definition) is 6. The van der Waals surface area contributed by atoms with Crippen molar-refractivity contribution in [1.29, 1.82) is 0 Å². The fourth-order valence-corrected chi connectivity index (χ4v) is 3.93. The van der Waals surface area contributed by atoms with E-state index >= 15 is 0 Å². The van der Waals surface area contributed by atoms with E-state index in [0.29, 0.717) is 12.2 Å². The molecule has 5 rings (SSSR count). The third kappa shape index (κ3) is 3.00. The lowest BCUT2D eigenvalue weighted by atomic mass is 9.96. The van der Waals surface area contributed by atoms with Crippen LogP contribution in [-0.2, 0) is 0 Å². The summed E-state index contributed by atoms with van der Waals surface area (Å²) in [5.74, 6) is 0.267. The molecule has 2 heterocycles. The van der Waals surface area contributed by atoms with Gasteiger partial charge in [-0.25, -0.2) is 5.01 Å². The number of nitro benzene ring substituents is 1. The number of nitro groups is 1. The minimum Gasteiger partial charge on any atom is -0.461 e. The zero-order valence-electron chi connectivity index (χ0n) is 15.8. The number of fused-ring (bicyclic) bond motifs is 3. The lowest BCUT2D eigenvalue weighted by molar-refractivity contribution is -0.384. The van der Waals surface area contributed by atoms with Gasteiger partial charge in [0.05, 0.1) is 16.7 Å². The van der Waals surface area contributed by atoms with Crippen molar-refractivity contribution in [2.45, 2.75) is 18.7 Å². The standard InChI is InChI=1S/C23H17N3O4/c27-22(16-9-6-10-17(13-16)26(28)29)23-25-20(18-11-4-5-12-21(18)30-23)14-19(24-25)15-7-2-1-3-8-15/h1-13,20,23H,14H2/t20-,23-/m1/s1. The number of hydrogen-bond donors (Lipinski definition) is 0. The van der Waals surface area contributed by atoms with Gasteiger partial charge in [-0.15, -0.1) is 0 Å². The molecular weight excluding hydrogens is 382 g/mol. The molecule has 0 amide bonds. The zero-order chi connectivity index (χ0) is 20.7. The van der Waals surface area contributed by atoms with Gasteiger partial charge in [0.2, 0.25) is 5.78 Å². The highest BCUT2D eigenvalue weighted by Crippen LogP contribution is 2.43. The number of benzene rings is 3. The van der Waals surface area contributed by atoms with E-state index in [9.17, 15) is 14.9 Å². The first-order chi connectivity index (χ1) is 14.6. The smallest absolute Gasteiger partial charge is 0.270 e. The highest BCUT2D eigenvalue weighted by molar-refractivity contribution is 6.03. The third-order valence-corrected chi connectivity index (χ3v) is 5.37. The number of para-hydroxylation sites is 1. The van der Waals surface area contributed by atoms with Crippen molar-refractivity contribution in [3.63, 3.8) is 0 Å². The van der Waals surface area contributed by atoms with Gasteiger partial charge < -0.3 is 4.74 Å². The molecule has 30 heavy (non-hydrogen) atoms. The molecule has 0 fully saturated rings. The Balaban J connectivity index is 1.56. The van der Waals surface area contributed by atoms with Crippen LogP contribution in [-0.4, -0.2) is 27.7 Å². The van der Waals surface area contributed by atoms with Crippen molar-refractivity contribution in [1.82, 2.24) is 5.01 Å². The van der Waals surface area contributed by atoms with Crippen LogP contribution in [0.4, 0.5) is 5.69 Å². The Morgan fingerprint density at radius 3 is 2.60 bits per heavy atom. The monoisotopic (exact) mass is 399 g/mol. The average Bonchev–Trinajstić information content (AvgIpc) is 3.24. The number of rotatable bonds is 4. The van der Waals surface area contributed by atoms with E-state index in [2.05, 4.69) is 0 Å². The summed E-state index contributed by atoms with van der Waals surface area (Å²) in [6.07, 6.45) is -0.351. The predicted octanol–water partition coefficient (Wildman–Crippen LogP) is 4.35. The highest BCUT2D eigenvalue weighted by Gasteiger charge is 2.43. The van der Waals surface area contributed by atoms with E-state index in [0.717, 1.165) is 16.8 Å². The topological polar surface area (TPSA) is 85.0 Å². The molecule has 0 saturated heterocycles. The summed E-state index contributed by atoms with van der Waals surface area (Å²) in [4.78, 5) is 23.9. The first kappa shape index (κ1) is 18.1. The normalized spacial score (nSPS) is 19.3. The van der Waals surface area contributed by atoms with Crippen molar-refractivity contribution in [3.05, 3.63) is 106 Å². The Bertz CT molecular complexity index is 1180. The van der Waals surface area contributed by atoms with E-state index in [1.807, 2.05) is 54.6 Å². The summed E-state index contributed by atoms with van der Waals surface area (Å²) in [7, 11) is 0. The van der Waals surface area contributed by atoms with Crippen LogP contribution >= 0.6 is 0 Å². The second kappa shape index (κ2) is 7.11. The van der Waals surface area contributed by atoms with Crippen molar-refractivity contribution < 1.29 is 14.5 Å². The van der Waals surface area contributed by atoms with Crippen LogP contribution in [0.5, 0.6) is 5.75 Å². The van der Waals surface area contributed by atoms with Gasteiger partial charge in [-0.05, 0) is 11.6 Å². The fraction of sp³-hybridized carbons (Fsp3) is 0.130. The zero-order valence-corrected chi connectivity index (χ0v) is 15.8. The van der Waals surface area contributed by atoms with Crippen LogP contribution in [0.25, 0.3) is 0 Å². The van der Waals surface area contributed by atoms with Gasteiger partial charge in [0, 0.05) is 29.7 Å². The summed E-state index contributed by atoms with van der Waals surface area (Å²) >= 11 is 0. The van der Waals surface area contributed by atoms with Crippen molar-refractivity contribution in [3.8, 4) is 5.75 Å². The third-order valence-electron chi connectivity index (χ3n) is 5.37. The number of carbonyl (C=O) groups is 1. The molecular formula is C23H17N3O4. The van der Waals surface area contributed by atoms with E-state index < -0.39 is 11.2 Å². The molecule has 0 aromatic heterocycles. The number of hydrazone groups is 1. The Labute approximate surface area is 172 Å². The molecule has 0 N–H and O–H groups in total.